The fourth-order valence-electron chi connectivity index (χ4n) is 1.28. The molecule has 0 amide bonds. The molecule has 0 radical (unpaired) electrons. The molecular weight excluding hydrogens is 269 g/mol. The first-order valence-corrected chi connectivity index (χ1v) is 4.96. The van der Waals surface area contributed by atoms with Gasteiger partial charge in [-0.1, -0.05) is 11.6 Å². The molecule has 5 heteroatoms. The lowest BCUT2D eigenvalue weighted by Gasteiger charge is -1.90. The monoisotopic (exact) mass is 273 g/mol. The number of aromatic amines is 1. The molecule has 72 valence electrons. The molecule has 0 saturated carbocycles. The smallest absolute Gasteiger partial charge is 0.353 e. The molecule has 0 atom stereocenters. The first kappa shape index (κ1) is 9.55. The van der Waals surface area contributed by atoms with Crippen LogP contribution in [0.3, 0.4) is 0 Å². The number of halogens is 2. The largest absolute Gasteiger partial charge is 0.477 e. The van der Waals surface area contributed by atoms with E-state index in [1.54, 1.807) is 18.2 Å². The number of hydrogen-bond acceptors (Lipinski definition) is 1. The molecule has 0 saturated heterocycles. The Morgan fingerprint density at radius 3 is 2.86 bits per heavy atom. The molecule has 2 aromatic rings. The summed E-state index contributed by atoms with van der Waals surface area (Å²) in [6.07, 6.45) is 0. The number of hydrogen-bond donors (Lipinski definition) is 2. The molecular formula is C9H5BrClNO2. The second kappa shape index (κ2) is 3.29. The van der Waals surface area contributed by atoms with Crippen LogP contribution in [0, 0.1) is 0 Å². The van der Waals surface area contributed by atoms with E-state index in [9.17, 15) is 4.79 Å². The predicted molar refractivity (Wildman–Crippen MR) is 58.0 cm³/mol. The number of nitrogens with one attached hydrogen (secondary N) is 1. The number of carboxylic acid groups (broad SMARTS) is 1. The van der Waals surface area contributed by atoms with Gasteiger partial charge in [0.05, 0.1) is 4.47 Å². The zero-order chi connectivity index (χ0) is 10.3. The van der Waals surface area contributed by atoms with E-state index in [1.165, 1.54) is 0 Å². The van der Waals surface area contributed by atoms with Crippen molar-refractivity contribution in [2.75, 3.05) is 0 Å². The second-order valence-electron chi connectivity index (χ2n) is 2.81. The van der Waals surface area contributed by atoms with Gasteiger partial charge in [-0.15, -0.1) is 0 Å². The summed E-state index contributed by atoms with van der Waals surface area (Å²) in [6.45, 7) is 0. The van der Waals surface area contributed by atoms with Crippen LogP contribution in [0.5, 0.6) is 0 Å². The Bertz CT molecular complexity index is 521. The highest BCUT2D eigenvalue weighted by Gasteiger charge is 2.14. The third-order valence-corrected chi connectivity index (χ3v) is 2.97. The van der Waals surface area contributed by atoms with Crippen molar-refractivity contribution in [3.05, 3.63) is 33.4 Å². The minimum Gasteiger partial charge on any atom is -0.477 e. The van der Waals surface area contributed by atoms with Crippen LogP contribution in [0.15, 0.2) is 22.7 Å². The van der Waals surface area contributed by atoms with Crippen LogP contribution in [-0.4, -0.2) is 16.1 Å². The Hall–Kier alpha value is -1.000. The predicted octanol–water partition coefficient (Wildman–Crippen LogP) is 3.28. The molecule has 14 heavy (non-hydrogen) atoms. The van der Waals surface area contributed by atoms with Crippen molar-refractivity contribution in [3.63, 3.8) is 0 Å². The molecule has 1 aromatic carbocycles. The first-order chi connectivity index (χ1) is 6.59. The van der Waals surface area contributed by atoms with Gasteiger partial charge in [0.15, 0.2) is 0 Å². The Labute approximate surface area is 92.8 Å². The summed E-state index contributed by atoms with van der Waals surface area (Å²) < 4.78 is 0.530. The van der Waals surface area contributed by atoms with Crippen molar-refractivity contribution < 1.29 is 9.90 Å². The summed E-state index contributed by atoms with van der Waals surface area (Å²) in [6, 6.07) is 5.16. The zero-order valence-electron chi connectivity index (χ0n) is 6.84. The van der Waals surface area contributed by atoms with Crippen LogP contribution >= 0.6 is 27.5 Å². The first-order valence-electron chi connectivity index (χ1n) is 3.79. The van der Waals surface area contributed by atoms with Crippen LogP contribution in [0.1, 0.15) is 10.5 Å². The van der Waals surface area contributed by atoms with Crippen molar-refractivity contribution in [2.24, 2.45) is 0 Å². The minimum absolute atomic E-state index is 0.141. The lowest BCUT2D eigenvalue weighted by Crippen LogP contribution is -1.96. The van der Waals surface area contributed by atoms with E-state index in [1.807, 2.05) is 0 Å². The third kappa shape index (κ3) is 1.40. The molecule has 0 bridgehead atoms. The molecule has 0 aliphatic heterocycles. The van der Waals surface area contributed by atoms with Crippen LogP contribution in [0.25, 0.3) is 10.9 Å². The number of rotatable bonds is 1. The Balaban J connectivity index is 2.80. The number of benzene rings is 1. The Kier molecular flexibility index (Phi) is 2.25. The fourth-order valence-corrected chi connectivity index (χ4v) is 2.05. The van der Waals surface area contributed by atoms with Gasteiger partial charge in [0.2, 0.25) is 0 Å². The second-order valence-corrected chi connectivity index (χ2v) is 4.04. The van der Waals surface area contributed by atoms with Crippen LogP contribution in [0.2, 0.25) is 5.02 Å². The van der Waals surface area contributed by atoms with E-state index in [0.717, 1.165) is 10.9 Å². The van der Waals surface area contributed by atoms with E-state index in [4.69, 9.17) is 16.7 Å². The molecule has 0 unspecified atom stereocenters. The minimum atomic E-state index is -0.996. The maximum absolute atomic E-state index is 10.8. The standard InChI is InChI=1S/C9H5BrClNO2/c10-7-5-3-4(11)1-2-6(5)12-8(7)9(13)14/h1-3,12H,(H,13,14). The maximum atomic E-state index is 10.8. The van der Waals surface area contributed by atoms with Gasteiger partial charge in [-0.25, -0.2) is 4.79 Å². The highest BCUT2D eigenvalue weighted by Crippen LogP contribution is 2.29. The summed E-state index contributed by atoms with van der Waals surface area (Å²) >= 11 is 9.01. The molecule has 1 heterocycles. The average Bonchev–Trinajstić information content (AvgIpc) is 2.44. The third-order valence-electron chi connectivity index (χ3n) is 1.91. The Morgan fingerprint density at radius 2 is 2.21 bits per heavy atom. The van der Waals surface area contributed by atoms with E-state index < -0.39 is 5.97 Å². The molecule has 2 rings (SSSR count). The van der Waals surface area contributed by atoms with Gasteiger partial charge in [0, 0.05) is 15.9 Å². The quantitative estimate of drug-likeness (QED) is 0.838. The number of H-pyrrole nitrogens is 1. The molecule has 3 nitrogen and oxygen atoms in total. The molecule has 1 aromatic heterocycles. The highest BCUT2D eigenvalue weighted by molar-refractivity contribution is 9.10. The van der Waals surface area contributed by atoms with Gasteiger partial charge in [-0.2, -0.15) is 0 Å². The normalized spacial score (nSPS) is 10.7. The summed E-state index contributed by atoms with van der Waals surface area (Å²) in [5, 5.41) is 10.2. The lowest BCUT2D eigenvalue weighted by molar-refractivity contribution is 0.0690. The molecule has 0 aliphatic carbocycles. The summed E-state index contributed by atoms with van der Waals surface area (Å²) in [5.41, 5.74) is 0.890. The van der Waals surface area contributed by atoms with Crippen molar-refractivity contribution in [1.82, 2.24) is 4.98 Å². The van der Waals surface area contributed by atoms with Gasteiger partial charge >= 0.3 is 5.97 Å². The number of aromatic nitrogens is 1. The average molecular weight is 275 g/mol. The van der Waals surface area contributed by atoms with Gasteiger partial charge < -0.3 is 10.1 Å². The van der Waals surface area contributed by atoms with Crippen molar-refractivity contribution >= 4 is 44.4 Å². The SMILES string of the molecule is O=C(O)c1[nH]c2ccc(Cl)cc2c1Br. The maximum Gasteiger partial charge on any atom is 0.353 e. The van der Waals surface area contributed by atoms with Crippen molar-refractivity contribution in [1.29, 1.82) is 0 Å². The number of fused-ring (bicyclic) bond motifs is 1. The molecule has 2 N–H and O–H groups in total. The topological polar surface area (TPSA) is 53.1 Å². The van der Waals surface area contributed by atoms with Crippen molar-refractivity contribution in [2.45, 2.75) is 0 Å². The lowest BCUT2D eigenvalue weighted by atomic mass is 10.2. The summed E-state index contributed by atoms with van der Waals surface area (Å²) in [4.78, 5) is 13.6. The van der Waals surface area contributed by atoms with Gasteiger partial charge in [0.1, 0.15) is 5.69 Å². The number of aromatic carboxylic acids is 1. The molecule has 0 fully saturated rings. The fraction of sp³-hybridized carbons (Fsp3) is 0. The summed E-state index contributed by atoms with van der Waals surface area (Å²) in [5.74, 6) is -0.996. The zero-order valence-corrected chi connectivity index (χ0v) is 9.19. The van der Waals surface area contributed by atoms with E-state index in [-0.39, 0.29) is 5.69 Å². The van der Waals surface area contributed by atoms with E-state index in [2.05, 4.69) is 20.9 Å². The van der Waals surface area contributed by atoms with Crippen molar-refractivity contribution in [3.8, 4) is 0 Å². The highest BCUT2D eigenvalue weighted by atomic mass is 79.9. The van der Waals surface area contributed by atoms with Gasteiger partial charge in [-0.05, 0) is 34.1 Å². The number of carboxylic acids is 1. The number of carbonyl (C=O) groups is 1. The molecule has 0 spiro atoms. The van der Waals surface area contributed by atoms with Crippen LogP contribution in [-0.2, 0) is 0 Å². The Morgan fingerprint density at radius 1 is 1.50 bits per heavy atom. The van der Waals surface area contributed by atoms with Gasteiger partial charge in [0.25, 0.3) is 0 Å². The molecule has 0 aliphatic rings. The van der Waals surface area contributed by atoms with Crippen LogP contribution in [0.4, 0.5) is 0 Å². The van der Waals surface area contributed by atoms with Crippen LogP contribution < -0.4 is 0 Å². The van der Waals surface area contributed by atoms with E-state index >= 15 is 0 Å². The van der Waals surface area contributed by atoms with Gasteiger partial charge in [-0.3, -0.25) is 0 Å². The van der Waals surface area contributed by atoms with E-state index in [0.29, 0.717) is 9.50 Å². The summed E-state index contributed by atoms with van der Waals surface area (Å²) in [7, 11) is 0.